The van der Waals surface area contributed by atoms with Crippen molar-refractivity contribution < 1.29 is 9.52 Å². The lowest BCUT2D eigenvalue weighted by Gasteiger charge is -2.36. The van der Waals surface area contributed by atoms with Crippen LogP contribution in [0, 0.1) is 0 Å². The number of β-amino-alcohol motifs (C(OH)–C–C–N with tert-alkyl or cyclic N) is 1. The summed E-state index contributed by atoms with van der Waals surface area (Å²) < 4.78 is 4.85. The highest BCUT2D eigenvalue weighted by atomic mass is 16.3. The van der Waals surface area contributed by atoms with Crippen LogP contribution in [-0.2, 0) is 5.60 Å². The van der Waals surface area contributed by atoms with E-state index >= 15 is 0 Å². The molecule has 0 unspecified atom stereocenters. The number of furan rings is 1. The number of hydrogen-bond acceptors (Lipinski definition) is 3. The SMILES string of the molecule is OC1(c2ccoc2)CNC1. The summed E-state index contributed by atoms with van der Waals surface area (Å²) >= 11 is 0. The molecule has 1 saturated heterocycles. The molecular weight excluding hydrogens is 130 g/mol. The maximum atomic E-state index is 9.65. The molecule has 10 heavy (non-hydrogen) atoms. The molecule has 1 aliphatic heterocycles. The van der Waals surface area contributed by atoms with Crippen molar-refractivity contribution in [1.29, 1.82) is 0 Å². The van der Waals surface area contributed by atoms with Gasteiger partial charge in [-0.2, -0.15) is 0 Å². The fourth-order valence-electron chi connectivity index (χ4n) is 1.10. The highest BCUT2D eigenvalue weighted by molar-refractivity contribution is 5.20. The third-order valence-electron chi connectivity index (χ3n) is 1.89. The first-order chi connectivity index (χ1) is 4.81. The van der Waals surface area contributed by atoms with Gasteiger partial charge in [-0.05, 0) is 6.07 Å². The number of rotatable bonds is 1. The van der Waals surface area contributed by atoms with Crippen LogP contribution >= 0.6 is 0 Å². The van der Waals surface area contributed by atoms with E-state index < -0.39 is 5.60 Å². The van der Waals surface area contributed by atoms with Gasteiger partial charge in [-0.15, -0.1) is 0 Å². The van der Waals surface area contributed by atoms with Gasteiger partial charge in [0.1, 0.15) is 5.60 Å². The van der Waals surface area contributed by atoms with Crippen LogP contribution in [0.1, 0.15) is 5.56 Å². The molecule has 1 fully saturated rings. The molecule has 54 valence electrons. The van der Waals surface area contributed by atoms with Crippen molar-refractivity contribution in [3.63, 3.8) is 0 Å². The van der Waals surface area contributed by atoms with E-state index in [0.29, 0.717) is 13.1 Å². The summed E-state index contributed by atoms with van der Waals surface area (Å²) in [5.74, 6) is 0. The Morgan fingerprint density at radius 2 is 2.40 bits per heavy atom. The summed E-state index contributed by atoms with van der Waals surface area (Å²) in [6.07, 6.45) is 3.16. The summed E-state index contributed by atoms with van der Waals surface area (Å²) in [6, 6.07) is 1.79. The van der Waals surface area contributed by atoms with E-state index in [1.807, 2.05) is 0 Å². The van der Waals surface area contributed by atoms with Crippen LogP contribution in [0.4, 0.5) is 0 Å². The van der Waals surface area contributed by atoms with Gasteiger partial charge < -0.3 is 14.8 Å². The molecule has 1 aliphatic rings. The molecule has 0 radical (unpaired) electrons. The summed E-state index contributed by atoms with van der Waals surface area (Å²) in [7, 11) is 0. The van der Waals surface area contributed by atoms with Crippen molar-refractivity contribution in [3.8, 4) is 0 Å². The lowest BCUT2D eigenvalue weighted by atomic mass is 9.91. The molecule has 3 nitrogen and oxygen atoms in total. The van der Waals surface area contributed by atoms with Crippen LogP contribution in [0.15, 0.2) is 23.0 Å². The summed E-state index contributed by atoms with van der Waals surface area (Å²) in [4.78, 5) is 0. The fourth-order valence-corrected chi connectivity index (χ4v) is 1.10. The van der Waals surface area contributed by atoms with E-state index in [2.05, 4.69) is 5.32 Å². The minimum absolute atomic E-state index is 0.631. The van der Waals surface area contributed by atoms with Crippen molar-refractivity contribution in [2.45, 2.75) is 5.60 Å². The molecule has 0 saturated carbocycles. The Hall–Kier alpha value is -0.800. The first-order valence-corrected chi connectivity index (χ1v) is 3.27. The molecule has 0 aromatic carbocycles. The van der Waals surface area contributed by atoms with Gasteiger partial charge in [-0.3, -0.25) is 0 Å². The molecule has 0 spiro atoms. The molecule has 0 bridgehead atoms. The molecular formula is C7H9NO2. The first-order valence-electron chi connectivity index (χ1n) is 3.27. The maximum Gasteiger partial charge on any atom is 0.117 e. The number of aliphatic hydroxyl groups is 1. The Labute approximate surface area is 58.7 Å². The van der Waals surface area contributed by atoms with Crippen LogP contribution in [0.3, 0.4) is 0 Å². The second-order valence-electron chi connectivity index (χ2n) is 2.65. The quantitative estimate of drug-likeness (QED) is 0.578. The first kappa shape index (κ1) is 5.95. The molecule has 0 atom stereocenters. The molecule has 0 amide bonds. The van der Waals surface area contributed by atoms with Crippen molar-refractivity contribution in [1.82, 2.24) is 5.32 Å². The zero-order valence-corrected chi connectivity index (χ0v) is 5.50. The third-order valence-corrected chi connectivity index (χ3v) is 1.89. The Morgan fingerprint density at radius 3 is 2.80 bits per heavy atom. The monoisotopic (exact) mass is 139 g/mol. The lowest BCUT2D eigenvalue weighted by molar-refractivity contribution is -0.0151. The summed E-state index contributed by atoms with van der Waals surface area (Å²) in [5.41, 5.74) is 0.207. The van der Waals surface area contributed by atoms with Gasteiger partial charge in [-0.25, -0.2) is 0 Å². The predicted molar refractivity (Wildman–Crippen MR) is 35.5 cm³/mol. The zero-order valence-electron chi connectivity index (χ0n) is 5.50. The Morgan fingerprint density at radius 1 is 1.60 bits per heavy atom. The molecule has 1 aromatic heterocycles. The van der Waals surface area contributed by atoms with Gasteiger partial charge in [0.05, 0.1) is 12.5 Å². The van der Waals surface area contributed by atoms with Crippen LogP contribution in [0.5, 0.6) is 0 Å². The van der Waals surface area contributed by atoms with E-state index in [1.54, 1.807) is 18.6 Å². The van der Waals surface area contributed by atoms with E-state index in [1.165, 1.54) is 0 Å². The molecule has 1 aromatic rings. The third kappa shape index (κ3) is 0.678. The second-order valence-corrected chi connectivity index (χ2v) is 2.65. The molecule has 2 heterocycles. The molecule has 3 heteroatoms. The fraction of sp³-hybridized carbons (Fsp3) is 0.429. The highest BCUT2D eigenvalue weighted by Gasteiger charge is 2.36. The largest absolute Gasteiger partial charge is 0.472 e. The van der Waals surface area contributed by atoms with Crippen LogP contribution in [0.2, 0.25) is 0 Å². The topological polar surface area (TPSA) is 45.4 Å². The maximum absolute atomic E-state index is 9.65. The van der Waals surface area contributed by atoms with Crippen LogP contribution in [0.25, 0.3) is 0 Å². The van der Waals surface area contributed by atoms with Gasteiger partial charge in [0.15, 0.2) is 0 Å². The van der Waals surface area contributed by atoms with Crippen LogP contribution in [-0.4, -0.2) is 18.2 Å². The molecule has 0 aliphatic carbocycles. The second kappa shape index (κ2) is 1.84. The average Bonchev–Trinajstić information content (AvgIpc) is 2.33. The van der Waals surface area contributed by atoms with Crippen molar-refractivity contribution >= 4 is 0 Å². The van der Waals surface area contributed by atoms with Crippen molar-refractivity contribution in [2.24, 2.45) is 0 Å². The van der Waals surface area contributed by atoms with Crippen LogP contribution < -0.4 is 5.32 Å². The van der Waals surface area contributed by atoms with Gasteiger partial charge in [-0.1, -0.05) is 0 Å². The molecule has 2 rings (SSSR count). The minimum Gasteiger partial charge on any atom is -0.472 e. The average molecular weight is 139 g/mol. The lowest BCUT2D eigenvalue weighted by Crippen LogP contribution is -2.56. The van der Waals surface area contributed by atoms with Gasteiger partial charge in [0.2, 0.25) is 0 Å². The van der Waals surface area contributed by atoms with E-state index in [-0.39, 0.29) is 0 Å². The standard InChI is InChI=1S/C7H9NO2/c9-7(4-8-5-7)6-1-2-10-3-6/h1-3,8-9H,4-5H2. The van der Waals surface area contributed by atoms with Crippen molar-refractivity contribution in [2.75, 3.05) is 13.1 Å². The zero-order chi connectivity index (χ0) is 7.03. The van der Waals surface area contributed by atoms with Gasteiger partial charge in [0.25, 0.3) is 0 Å². The van der Waals surface area contributed by atoms with E-state index in [4.69, 9.17) is 4.42 Å². The smallest absolute Gasteiger partial charge is 0.117 e. The Balaban J connectivity index is 2.27. The highest BCUT2D eigenvalue weighted by Crippen LogP contribution is 2.24. The van der Waals surface area contributed by atoms with E-state index in [0.717, 1.165) is 5.56 Å². The minimum atomic E-state index is -0.660. The summed E-state index contributed by atoms with van der Waals surface area (Å²) in [6.45, 7) is 1.26. The van der Waals surface area contributed by atoms with Crippen molar-refractivity contribution in [3.05, 3.63) is 24.2 Å². The van der Waals surface area contributed by atoms with Gasteiger partial charge in [0, 0.05) is 18.7 Å². The molecule has 2 N–H and O–H groups in total. The Kier molecular flexibility index (Phi) is 1.09. The number of nitrogens with one attached hydrogen (secondary N) is 1. The van der Waals surface area contributed by atoms with Gasteiger partial charge >= 0.3 is 0 Å². The van der Waals surface area contributed by atoms with E-state index in [9.17, 15) is 5.11 Å². The normalized spacial score (nSPS) is 22.1. The number of hydrogen-bond donors (Lipinski definition) is 2. The summed E-state index contributed by atoms with van der Waals surface area (Å²) in [5, 5.41) is 12.6. The predicted octanol–water partition coefficient (Wildman–Crippen LogP) is 0.0704. The Bertz CT molecular complexity index is 214.